The Balaban J connectivity index is 1.97. The van der Waals surface area contributed by atoms with Crippen LogP contribution in [0.3, 0.4) is 0 Å². The van der Waals surface area contributed by atoms with Gasteiger partial charge in [0.1, 0.15) is 0 Å². The summed E-state index contributed by atoms with van der Waals surface area (Å²) in [5.74, 6) is -0.623. The summed E-state index contributed by atoms with van der Waals surface area (Å²) in [5, 5.41) is 5.88. The predicted octanol–water partition coefficient (Wildman–Crippen LogP) is 3.14. The van der Waals surface area contributed by atoms with Gasteiger partial charge in [0.05, 0.1) is 19.2 Å². The molecule has 0 aliphatic carbocycles. The molecule has 120 valence electrons. The largest absolute Gasteiger partial charge is 0.465 e. The highest BCUT2D eigenvalue weighted by Crippen LogP contribution is 2.16. The topological polar surface area (TPSA) is 67.4 Å². The second-order valence-electron chi connectivity index (χ2n) is 5.29. The molecule has 5 heteroatoms. The molecule has 2 N–H and O–H groups in total. The maximum atomic E-state index is 12.0. The Kier molecular flexibility index (Phi) is 5.36. The van der Waals surface area contributed by atoms with Crippen LogP contribution >= 0.6 is 0 Å². The third-order valence-corrected chi connectivity index (χ3v) is 3.40. The first-order valence-corrected chi connectivity index (χ1v) is 7.29. The molecular weight excluding hydrogens is 292 g/mol. The van der Waals surface area contributed by atoms with E-state index in [0.29, 0.717) is 11.3 Å². The van der Waals surface area contributed by atoms with Gasteiger partial charge in [-0.3, -0.25) is 4.79 Å². The summed E-state index contributed by atoms with van der Waals surface area (Å²) in [6, 6.07) is 12.7. The number of methoxy groups -OCH3 is 1. The first kappa shape index (κ1) is 16.5. The van der Waals surface area contributed by atoms with Gasteiger partial charge in [-0.05, 0) is 49.2 Å². The van der Waals surface area contributed by atoms with E-state index in [4.69, 9.17) is 0 Å². The maximum absolute atomic E-state index is 12.0. The van der Waals surface area contributed by atoms with Crippen molar-refractivity contribution in [3.8, 4) is 0 Å². The van der Waals surface area contributed by atoms with Gasteiger partial charge in [-0.25, -0.2) is 4.79 Å². The number of benzene rings is 2. The van der Waals surface area contributed by atoms with Gasteiger partial charge in [-0.15, -0.1) is 0 Å². The van der Waals surface area contributed by atoms with Crippen molar-refractivity contribution in [2.45, 2.75) is 13.8 Å². The van der Waals surface area contributed by atoms with Gasteiger partial charge in [-0.1, -0.05) is 18.2 Å². The number of aryl methyl sites for hydroxylation is 2. The number of carbonyl (C=O) groups is 2. The van der Waals surface area contributed by atoms with Crippen molar-refractivity contribution in [2.75, 3.05) is 24.3 Å². The van der Waals surface area contributed by atoms with Crippen LogP contribution in [-0.2, 0) is 9.53 Å². The van der Waals surface area contributed by atoms with Crippen LogP contribution < -0.4 is 10.6 Å². The molecule has 0 aliphatic rings. The molecule has 0 spiro atoms. The monoisotopic (exact) mass is 312 g/mol. The van der Waals surface area contributed by atoms with Crippen molar-refractivity contribution >= 4 is 23.3 Å². The molecule has 23 heavy (non-hydrogen) atoms. The van der Waals surface area contributed by atoms with Crippen molar-refractivity contribution in [3.05, 3.63) is 59.2 Å². The normalized spacial score (nSPS) is 10.0. The second-order valence-corrected chi connectivity index (χ2v) is 5.29. The quantitative estimate of drug-likeness (QED) is 0.832. The van der Waals surface area contributed by atoms with Gasteiger partial charge in [0, 0.05) is 11.4 Å². The molecule has 0 unspecified atom stereocenters. The van der Waals surface area contributed by atoms with Crippen molar-refractivity contribution in [3.63, 3.8) is 0 Å². The fourth-order valence-electron chi connectivity index (χ4n) is 2.15. The van der Waals surface area contributed by atoms with E-state index in [1.807, 2.05) is 32.0 Å². The van der Waals surface area contributed by atoms with E-state index in [-0.39, 0.29) is 12.5 Å². The molecule has 0 radical (unpaired) electrons. The highest BCUT2D eigenvalue weighted by Gasteiger charge is 2.08. The van der Waals surface area contributed by atoms with Gasteiger partial charge in [0.2, 0.25) is 5.91 Å². The molecule has 0 atom stereocenters. The summed E-state index contributed by atoms with van der Waals surface area (Å²) in [5.41, 5.74) is 4.09. The molecule has 2 rings (SSSR count). The van der Waals surface area contributed by atoms with Gasteiger partial charge in [0.15, 0.2) is 0 Å². The second kappa shape index (κ2) is 7.45. The first-order valence-electron chi connectivity index (χ1n) is 7.29. The highest BCUT2D eigenvalue weighted by atomic mass is 16.5. The van der Waals surface area contributed by atoms with Crippen LogP contribution in [0, 0.1) is 13.8 Å². The molecule has 0 bridgehead atoms. The third-order valence-electron chi connectivity index (χ3n) is 3.40. The average molecular weight is 312 g/mol. The van der Waals surface area contributed by atoms with Crippen molar-refractivity contribution in [2.24, 2.45) is 0 Å². The maximum Gasteiger partial charge on any atom is 0.337 e. The van der Waals surface area contributed by atoms with Crippen LogP contribution in [0.2, 0.25) is 0 Å². The van der Waals surface area contributed by atoms with Crippen molar-refractivity contribution in [1.29, 1.82) is 0 Å². The van der Waals surface area contributed by atoms with Gasteiger partial charge in [-0.2, -0.15) is 0 Å². The molecule has 2 aromatic carbocycles. The average Bonchev–Trinajstić information content (AvgIpc) is 2.55. The molecule has 0 aliphatic heterocycles. The van der Waals surface area contributed by atoms with Crippen LogP contribution in [0.1, 0.15) is 21.5 Å². The molecule has 2 aromatic rings. The van der Waals surface area contributed by atoms with E-state index in [9.17, 15) is 9.59 Å². The molecule has 0 fully saturated rings. The summed E-state index contributed by atoms with van der Waals surface area (Å²) in [6.07, 6.45) is 0. The lowest BCUT2D eigenvalue weighted by molar-refractivity contribution is -0.114. The Bertz CT molecular complexity index is 726. The molecular formula is C18H20N2O3. The van der Waals surface area contributed by atoms with Gasteiger partial charge in [0.25, 0.3) is 0 Å². The number of carbonyl (C=O) groups excluding carboxylic acids is 2. The van der Waals surface area contributed by atoms with Crippen LogP contribution in [0.5, 0.6) is 0 Å². The van der Waals surface area contributed by atoms with Crippen LogP contribution in [0.15, 0.2) is 42.5 Å². The molecule has 5 nitrogen and oxygen atoms in total. The zero-order valence-corrected chi connectivity index (χ0v) is 13.5. The van der Waals surface area contributed by atoms with E-state index < -0.39 is 5.97 Å². The zero-order chi connectivity index (χ0) is 16.8. The first-order chi connectivity index (χ1) is 11.0. The van der Waals surface area contributed by atoms with E-state index in [1.54, 1.807) is 24.3 Å². The minimum absolute atomic E-state index is 0.146. The molecule has 0 saturated carbocycles. The number of nitrogens with one attached hydrogen (secondary N) is 2. The molecule has 0 saturated heterocycles. The van der Waals surface area contributed by atoms with Gasteiger partial charge < -0.3 is 15.4 Å². The smallest absolute Gasteiger partial charge is 0.337 e. The highest BCUT2D eigenvalue weighted by molar-refractivity contribution is 5.96. The van der Waals surface area contributed by atoms with Crippen molar-refractivity contribution in [1.82, 2.24) is 0 Å². The molecule has 1 amide bonds. The molecule has 0 aromatic heterocycles. The fourth-order valence-corrected chi connectivity index (χ4v) is 2.15. The van der Waals surface area contributed by atoms with E-state index in [1.165, 1.54) is 7.11 Å². The molecule has 0 heterocycles. The Morgan fingerprint density at radius 2 is 1.87 bits per heavy atom. The van der Waals surface area contributed by atoms with Gasteiger partial charge >= 0.3 is 5.97 Å². The van der Waals surface area contributed by atoms with E-state index in [2.05, 4.69) is 15.4 Å². The Labute approximate surface area is 135 Å². The number of anilines is 2. The van der Waals surface area contributed by atoms with Crippen molar-refractivity contribution < 1.29 is 14.3 Å². The number of hydrogen-bond acceptors (Lipinski definition) is 4. The van der Waals surface area contributed by atoms with Crippen LogP contribution in [0.4, 0.5) is 11.4 Å². The van der Waals surface area contributed by atoms with E-state index in [0.717, 1.165) is 16.8 Å². The standard InChI is InChI=1S/C18H20N2O3/c1-12-7-8-13(2)16(9-12)19-11-17(21)20-15-6-4-5-14(10-15)18(22)23-3/h4-10,19H,11H2,1-3H3,(H,20,21). The minimum Gasteiger partial charge on any atom is -0.465 e. The zero-order valence-electron chi connectivity index (χ0n) is 13.5. The lowest BCUT2D eigenvalue weighted by Crippen LogP contribution is -2.22. The fraction of sp³-hybridized carbons (Fsp3) is 0.222. The number of ether oxygens (including phenoxy) is 1. The minimum atomic E-state index is -0.436. The third kappa shape index (κ3) is 4.57. The lowest BCUT2D eigenvalue weighted by Gasteiger charge is -2.11. The SMILES string of the molecule is COC(=O)c1cccc(NC(=O)CNc2cc(C)ccc2C)c1. The number of esters is 1. The Morgan fingerprint density at radius 1 is 1.09 bits per heavy atom. The Hall–Kier alpha value is -2.82. The Morgan fingerprint density at radius 3 is 2.61 bits per heavy atom. The summed E-state index contributed by atoms with van der Waals surface area (Å²) in [7, 11) is 1.32. The predicted molar refractivity (Wildman–Crippen MR) is 90.8 cm³/mol. The number of amides is 1. The number of hydrogen-bond donors (Lipinski definition) is 2. The van der Waals surface area contributed by atoms with E-state index >= 15 is 0 Å². The van der Waals surface area contributed by atoms with Crippen LogP contribution in [-0.4, -0.2) is 25.5 Å². The summed E-state index contributed by atoms with van der Waals surface area (Å²) < 4.78 is 4.66. The van der Waals surface area contributed by atoms with Crippen LogP contribution in [0.25, 0.3) is 0 Å². The number of rotatable bonds is 5. The lowest BCUT2D eigenvalue weighted by atomic mass is 10.1. The summed E-state index contributed by atoms with van der Waals surface area (Å²) in [4.78, 5) is 23.5. The summed E-state index contributed by atoms with van der Waals surface area (Å²) >= 11 is 0. The summed E-state index contributed by atoms with van der Waals surface area (Å²) in [6.45, 7) is 4.13.